The molecule has 0 aliphatic rings. The van der Waals surface area contributed by atoms with E-state index in [0.717, 1.165) is 5.56 Å². The van der Waals surface area contributed by atoms with Crippen LogP contribution in [0.3, 0.4) is 0 Å². The van der Waals surface area contributed by atoms with Crippen molar-refractivity contribution < 1.29 is 17.9 Å². The molecule has 0 heterocycles. The molecule has 0 saturated heterocycles. The topological polar surface area (TPSA) is 98.5 Å². The molecule has 0 fully saturated rings. The molecule has 2 rings (SSSR count). The Morgan fingerprint density at radius 1 is 1.21 bits per heavy atom. The van der Waals surface area contributed by atoms with E-state index in [1.54, 1.807) is 32.2 Å². The molecule has 6 nitrogen and oxygen atoms in total. The van der Waals surface area contributed by atoms with Gasteiger partial charge in [-0.15, -0.1) is 0 Å². The number of methoxy groups -OCH3 is 1. The number of hydrogen-bond donors (Lipinski definition) is 2. The Kier molecular flexibility index (Phi) is 5.58. The number of benzene rings is 2. The number of nitrogens with two attached hydrogens (primary N) is 1. The van der Waals surface area contributed by atoms with Crippen LogP contribution in [0.25, 0.3) is 0 Å². The van der Waals surface area contributed by atoms with E-state index in [1.807, 2.05) is 18.2 Å². The van der Waals surface area contributed by atoms with E-state index in [9.17, 15) is 13.2 Å². The van der Waals surface area contributed by atoms with E-state index in [4.69, 9.17) is 9.88 Å². The van der Waals surface area contributed by atoms with Crippen molar-refractivity contribution in [1.29, 1.82) is 0 Å². The average molecular weight is 348 g/mol. The fraction of sp³-hybridized carbons (Fsp3) is 0.235. The first-order valence-corrected chi connectivity index (χ1v) is 8.89. The van der Waals surface area contributed by atoms with Crippen LogP contribution in [0, 0.1) is 0 Å². The first-order chi connectivity index (χ1) is 11.3. The van der Waals surface area contributed by atoms with Crippen LogP contribution < -0.4 is 15.2 Å². The molecule has 7 heteroatoms. The highest BCUT2D eigenvalue weighted by Gasteiger charge is 2.14. The van der Waals surface area contributed by atoms with Gasteiger partial charge in [0, 0.05) is 0 Å². The molecule has 1 unspecified atom stereocenters. The Labute approximate surface area is 141 Å². The van der Waals surface area contributed by atoms with Crippen molar-refractivity contribution in [2.45, 2.75) is 24.3 Å². The third-order valence-corrected chi connectivity index (χ3v) is 4.47. The highest BCUT2D eigenvalue weighted by atomic mass is 32.2. The predicted octanol–water partition coefficient (Wildman–Crippen LogP) is 1.76. The molecular weight excluding hydrogens is 328 g/mol. The standard InChI is InChI=1S/C17H20N2O4S/c1-12(14-6-4-8-16(11-14)24(18,21)22)19-17(20)10-13-5-3-7-15(9-13)23-2/h3-9,11-12H,10H2,1-2H3,(H,19,20)(H2,18,21,22). The minimum absolute atomic E-state index is 0.0221. The van der Waals surface area contributed by atoms with Crippen molar-refractivity contribution >= 4 is 15.9 Å². The first kappa shape index (κ1) is 18.0. The van der Waals surface area contributed by atoms with Gasteiger partial charge >= 0.3 is 0 Å². The van der Waals surface area contributed by atoms with Gasteiger partial charge in [-0.3, -0.25) is 4.79 Å². The molecule has 0 aromatic heterocycles. The van der Waals surface area contributed by atoms with Gasteiger partial charge < -0.3 is 10.1 Å². The fourth-order valence-corrected chi connectivity index (χ4v) is 2.87. The van der Waals surface area contributed by atoms with E-state index in [0.29, 0.717) is 11.3 Å². The number of hydrogen-bond acceptors (Lipinski definition) is 4. The number of carbonyl (C=O) groups excluding carboxylic acids is 1. The first-order valence-electron chi connectivity index (χ1n) is 7.34. The van der Waals surface area contributed by atoms with Crippen LogP contribution in [0.5, 0.6) is 5.75 Å². The van der Waals surface area contributed by atoms with Crippen LogP contribution in [-0.4, -0.2) is 21.4 Å². The summed E-state index contributed by atoms with van der Waals surface area (Å²) in [7, 11) is -2.20. The van der Waals surface area contributed by atoms with Gasteiger partial charge in [-0.05, 0) is 42.3 Å². The van der Waals surface area contributed by atoms with Crippen LogP contribution in [-0.2, 0) is 21.2 Å². The second-order valence-corrected chi connectivity index (χ2v) is 7.00. The van der Waals surface area contributed by atoms with Gasteiger partial charge in [0.05, 0.1) is 24.5 Å². The van der Waals surface area contributed by atoms with Gasteiger partial charge in [0.25, 0.3) is 0 Å². The molecule has 0 aliphatic carbocycles. The van der Waals surface area contributed by atoms with E-state index >= 15 is 0 Å². The summed E-state index contributed by atoms with van der Waals surface area (Å²) in [5.41, 5.74) is 1.50. The van der Waals surface area contributed by atoms with Crippen LogP contribution in [0.4, 0.5) is 0 Å². The van der Waals surface area contributed by atoms with Gasteiger partial charge in [0.1, 0.15) is 5.75 Å². The maximum Gasteiger partial charge on any atom is 0.238 e. The zero-order valence-corrected chi connectivity index (χ0v) is 14.3. The minimum atomic E-state index is -3.77. The number of amides is 1. The Morgan fingerprint density at radius 3 is 2.58 bits per heavy atom. The molecule has 0 aliphatic heterocycles. The van der Waals surface area contributed by atoms with Crippen molar-refractivity contribution in [3.8, 4) is 5.75 Å². The SMILES string of the molecule is COc1cccc(CC(=O)NC(C)c2cccc(S(N)(=O)=O)c2)c1. The number of carbonyl (C=O) groups is 1. The lowest BCUT2D eigenvalue weighted by molar-refractivity contribution is -0.121. The second kappa shape index (κ2) is 7.46. The summed E-state index contributed by atoms with van der Waals surface area (Å²) in [5.74, 6) is 0.519. The highest BCUT2D eigenvalue weighted by Crippen LogP contribution is 2.17. The lowest BCUT2D eigenvalue weighted by atomic mass is 10.1. The quantitative estimate of drug-likeness (QED) is 0.831. The van der Waals surface area contributed by atoms with Crippen LogP contribution in [0.15, 0.2) is 53.4 Å². The van der Waals surface area contributed by atoms with E-state index in [-0.39, 0.29) is 23.3 Å². The monoisotopic (exact) mass is 348 g/mol. The van der Waals surface area contributed by atoms with Crippen LogP contribution in [0.2, 0.25) is 0 Å². The van der Waals surface area contributed by atoms with Crippen LogP contribution in [0.1, 0.15) is 24.1 Å². The average Bonchev–Trinajstić information content (AvgIpc) is 2.54. The second-order valence-electron chi connectivity index (χ2n) is 5.44. The van der Waals surface area contributed by atoms with Gasteiger partial charge in [-0.2, -0.15) is 0 Å². The van der Waals surface area contributed by atoms with Crippen molar-refractivity contribution in [3.63, 3.8) is 0 Å². The van der Waals surface area contributed by atoms with E-state index in [2.05, 4.69) is 5.32 Å². The van der Waals surface area contributed by atoms with Gasteiger partial charge in [0.15, 0.2) is 0 Å². The Hall–Kier alpha value is -2.38. The maximum absolute atomic E-state index is 12.2. The summed E-state index contributed by atoms with van der Waals surface area (Å²) in [6.07, 6.45) is 0.205. The lowest BCUT2D eigenvalue weighted by Gasteiger charge is -2.15. The summed E-state index contributed by atoms with van der Waals surface area (Å²) in [5, 5.41) is 7.97. The lowest BCUT2D eigenvalue weighted by Crippen LogP contribution is -2.28. The van der Waals surface area contributed by atoms with Crippen LogP contribution >= 0.6 is 0 Å². The molecule has 24 heavy (non-hydrogen) atoms. The van der Waals surface area contributed by atoms with Gasteiger partial charge in [-0.1, -0.05) is 24.3 Å². The van der Waals surface area contributed by atoms with Crippen molar-refractivity contribution in [3.05, 3.63) is 59.7 Å². The Balaban J connectivity index is 2.06. The molecule has 2 aromatic carbocycles. The molecule has 0 saturated carbocycles. The number of sulfonamides is 1. The molecule has 0 spiro atoms. The minimum Gasteiger partial charge on any atom is -0.497 e. The molecule has 1 amide bonds. The zero-order chi connectivity index (χ0) is 17.7. The normalized spacial score (nSPS) is 12.5. The highest BCUT2D eigenvalue weighted by molar-refractivity contribution is 7.89. The summed E-state index contributed by atoms with van der Waals surface area (Å²) in [6, 6.07) is 13.1. The molecule has 0 bridgehead atoms. The Morgan fingerprint density at radius 2 is 1.92 bits per heavy atom. The summed E-state index contributed by atoms with van der Waals surface area (Å²) in [4.78, 5) is 12.2. The number of ether oxygens (including phenoxy) is 1. The summed E-state index contributed by atoms with van der Waals surface area (Å²) in [6.45, 7) is 1.78. The number of primary sulfonamides is 1. The van der Waals surface area contributed by atoms with Crippen molar-refractivity contribution in [2.24, 2.45) is 5.14 Å². The largest absolute Gasteiger partial charge is 0.497 e. The third kappa shape index (κ3) is 4.81. The molecular formula is C17H20N2O4S. The number of nitrogens with one attached hydrogen (secondary N) is 1. The summed E-state index contributed by atoms with van der Waals surface area (Å²) >= 11 is 0. The van der Waals surface area contributed by atoms with Gasteiger partial charge in [-0.25, -0.2) is 13.6 Å². The Bertz CT molecular complexity index is 834. The zero-order valence-electron chi connectivity index (χ0n) is 13.5. The van der Waals surface area contributed by atoms with E-state index < -0.39 is 10.0 Å². The third-order valence-electron chi connectivity index (χ3n) is 3.56. The fourth-order valence-electron chi connectivity index (χ4n) is 2.30. The molecule has 1 atom stereocenters. The van der Waals surface area contributed by atoms with E-state index in [1.165, 1.54) is 12.1 Å². The van der Waals surface area contributed by atoms with Gasteiger partial charge in [0.2, 0.25) is 15.9 Å². The molecule has 3 N–H and O–H groups in total. The maximum atomic E-state index is 12.2. The molecule has 0 radical (unpaired) electrons. The molecule has 2 aromatic rings. The summed E-state index contributed by atoms with van der Waals surface area (Å²) < 4.78 is 28.0. The number of rotatable bonds is 6. The smallest absolute Gasteiger partial charge is 0.238 e. The predicted molar refractivity (Wildman–Crippen MR) is 91.1 cm³/mol. The molecule has 128 valence electrons. The van der Waals surface area contributed by atoms with Crippen molar-refractivity contribution in [1.82, 2.24) is 5.32 Å². The van der Waals surface area contributed by atoms with Crippen molar-refractivity contribution in [2.75, 3.05) is 7.11 Å².